The predicted octanol–water partition coefficient (Wildman–Crippen LogP) is 2.91. The number of piperazine rings is 1. The summed E-state index contributed by atoms with van der Waals surface area (Å²) in [7, 11) is 0. The molecule has 2 N–H and O–H groups in total. The summed E-state index contributed by atoms with van der Waals surface area (Å²) in [5, 5.41) is 10.7. The Hall–Kier alpha value is -2.80. The van der Waals surface area contributed by atoms with Gasteiger partial charge in [-0.05, 0) is 37.1 Å². The minimum absolute atomic E-state index is 0.0376. The SMILES string of the molecule is CCCCn1nc(C)c(/C=C/C(=O)NCc2ccc(N3CCNC(=O)C3)cc2)c1Cl. The number of nitrogens with zero attached hydrogens (tertiary/aromatic N) is 3. The molecule has 160 valence electrons. The fraction of sp³-hybridized carbons (Fsp3) is 0.409. The summed E-state index contributed by atoms with van der Waals surface area (Å²) in [5.41, 5.74) is 3.58. The van der Waals surface area contributed by atoms with Gasteiger partial charge in [-0.3, -0.25) is 14.3 Å². The lowest BCUT2D eigenvalue weighted by atomic mass is 10.1. The molecule has 1 saturated heterocycles. The predicted molar refractivity (Wildman–Crippen MR) is 119 cm³/mol. The number of anilines is 1. The molecule has 8 heteroatoms. The van der Waals surface area contributed by atoms with Gasteiger partial charge in [-0.2, -0.15) is 5.10 Å². The first-order valence-electron chi connectivity index (χ1n) is 10.3. The van der Waals surface area contributed by atoms with Gasteiger partial charge in [0, 0.05) is 43.5 Å². The highest BCUT2D eigenvalue weighted by atomic mass is 35.5. The minimum atomic E-state index is -0.191. The van der Waals surface area contributed by atoms with Crippen molar-refractivity contribution in [3.8, 4) is 0 Å². The maximum absolute atomic E-state index is 12.2. The lowest BCUT2D eigenvalue weighted by molar-refractivity contribution is -0.120. The zero-order valence-corrected chi connectivity index (χ0v) is 18.2. The first kappa shape index (κ1) is 21.9. The quantitative estimate of drug-likeness (QED) is 0.632. The van der Waals surface area contributed by atoms with Crippen LogP contribution in [-0.4, -0.2) is 41.2 Å². The highest BCUT2D eigenvalue weighted by Gasteiger charge is 2.16. The van der Waals surface area contributed by atoms with Crippen molar-refractivity contribution in [2.24, 2.45) is 0 Å². The molecule has 0 saturated carbocycles. The van der Waals surface area contributed by atoms with E-state index in [4.69, 9.17) is 11.6 Å². The number of unbranched alkanes of at least 4 members (excludes halogenated alkanes) is 1. The Labute approximate surface area is 182 Å². The van der Waals surface area contributed by atoms with Gasteiger partial charge in [0.05, 0.1) is 12.2 Å². The van der Waals surface area contributed by atoms with E-state index in [0.717, 1.165) is 48.4 Å². The number of halogens is 1. The Morgan fingerprint density at radius 1 is 1.33 bits per heavy atom. The molecule has 1 fully saturated rings. The van der Waals surface area contributed by atoms with Crippen LogP contribution in [0.3, 0.4) is 0 Å². The average molecular weight is 430 g/mol. The molecule has 2 heterocycles. The molecule has 0 spiro atoms. The number of amides is 2. The third-order valence-electron chi connectivity index (χ3n) is 5.04. The van der Waals surface area contributed by atoms with Crippen LogP contribution in [-0.2, 0) is 22.7 Å². The summed E-state index contributed by atoms with van der Waals surface area (Å²) in [6.07, 6.45) is 5.28. The smallest absolute Gasteiger partial charge is 0.244 e. The van der Waals surface area contributed by atoms with E-state index in [0.29, 0.717) is 24.8 Å². The highest BCUT2D eigenvalue weighted by molar-refractivity contribution is 6.31. The number of carbonyl (C=O) groups is 2. The van der Waals surface area contributed by atoms with E-state index in [-0.39, 0.29) is 11.8 Å². The lowest BCUT2D eigenvalue weighted by Gasteiger charge is -2.28. The van der Waals surface area contributed by atoms with E-state index >= 15 is 0 Å². The van der Waals surface area contributed by atoms with Crippen LogP contribution in [0.15, 0.2) is 30.3 Å². The summed E-state index contributed by atoms with van der Waals surface area (Å²) >= 11 is 6.40. The van der Waals surface area contributed by atoms with Gasteiger partial charge in [0.15, 0.2) is 0 Å². The molecule has 2 aromatic rings. The molecule has 0 aliphatic carbocycles. The van der Waals surface area contributed by atoms with Crippen molar-refractivity contribution in [1.29, 1.82) is 0 Å². The van der Waals surface area contributed by atoms with Crippen molar-refractivity contribution in [3.63, 3.8) is 0 Å². The zero-order chi connectivity index (χ0) is 21.5. The lowest BCUT2D eigenvalue weighted by Crippen LogP contribution is -2.47. The molecular formula is C22H28ClN5O2. The molecule has 1 aromatic carbocycles. The van der Waals surface area contributed by atoms with Gasteiger partial charge in [-0.15, -0.1) is 0 Å². The Bertz CT molecular complexity index is 920. The number of aromatic nitrogens is 2. The first-order valence-corrected chi connectivity index (χ1v) is 10.6. The summed E-state index contributed by atoms with van der Waals surface area (Å²) in [5.74, 6) is -0.154. The molecule has 0 bridgehead atoms. The molecule has 0 radical (unpaired) electrons. The van der Waals surface area contributed by atoms with E-state index in [1.165, 1.54) is 6.08 Å². The van der Waals surface area contributed by atoms with E-state index in [2.05, 4.69) is 22.7 Å². The fourth-order valence-corrected chi connectivity index (χ4v) is 3.63. The third-order valence-corrected chi connectivity index (χ3v) is 5.44. The van der Waals surface area contributed by atoms with Crippen LogP contribution < -0.4 is 15.5 Å². The van der Waals surface area contributed by atoms with Crippen molar-refractivity contribution in [1.82, 2.24) is 20.4 Å². The summed E-state index contributed by atoms with van der Waals surface area (Å²) < 4.78 is 1.78. The molecule has 7 nitrogen and oxygen atoms in total. The van der Waals surface area contributed by atoms with E-state index in [1.807, 2.05) is 36.1 Å². The number of hydrogen-bond acceptors (Lipinski definition) is 4. The van der Waals surface area contributed by atoms with Gasteiger partial charge < -0.3 is 15.5 Å². The number of hydrogen-bond donors (Lipinski definition) is 2. The molecule has 1 aliphatic heterocycles. The van der Waals surface area contributed by atoms with Crippen LogP contribution in [0.25, 0.3) is 6.08 Å². The second-order valence-corrected chi connectivity index (χ2v) is 7.71. The van der Waals surface area contributed by atoms with E-state index < -0.39 is 0 Å². The number of carbonyl (C=O) groups excluding carboxylic acids is 2. The summed E-state index contributed by atoms with van der Waals surface area (Å²) in [4.78, 5) is 25.8. The van der Waals surface area contributed by atoms with Crippen molar-refractivity contribution in [2.75, 3.05) is 24.5 Å². The number of aryl methyl sites for hydroxylation is 2. The minimum Gasteiger partial charge on any atom is -0.360 e. The number of benzene rings is 1. The van der Waals surface area contributed by atoms with Crippen molar-refractivity contribution < 1.29 is 9.59 Å². The molecule has 1 aromatic heterocycles. The normalized spacial score (nSPS) is 14.2. The highest BCUT2D eigenvalue weighted by Crippen LogP contribution is 2.22. The van der Waals surface area contributed by atoms with Crippen molar-refractivity contribution >= 4 is 35.2 Å². The van der Waals surface area contributed by atoms with Gasteiger partial charge in [0.25, 0.3) is 0 Å². The standard InChI is InChI=1S/C22H28ClN5O2/c1-3-4-12-28-22(23)19(16(2)26-28)9-10-20(29)25-14-17-5-7-18(8-6-17)27-13-11-24-21(30)15-27/h5-10H,3-4,11-15H2,1-2H3,(H,24,30)(H,25,29)/b10-9+. The Kier molecular flexibility index (Phi) is 7.52. The van der Waals surface area contributed by atoms with E-state index in [1.54, 1.807) is 10.8 Å². The van der Waals surface area contributed by atoms with Gasteiger partial charge in [0.2, 0.25) is 11.8 Å². The molecule has 1 aliphatic rings. The van der Waals surface area contributed by atoms with Crippen molar-refractivity contribution in [3.05, 3.63) is 52.3 Å². The maximum Gasteiger partial charge on any atom is 0.244 e. The zero-order valence-electron chi connectivity index (χ0n) is 17.4. The second-order valence-electron chi connectivity index (χ2n) is 7.36. The Morgan fingerprint density at radius 2 is 2.10 bits per heavy atom. The maximum atomic E-state index is 12.2. The molecule has 0 atom stereocenters. The Morgan fingerprint density at radius 3 is 2.80 bits per heavy atom. The Balaban J connectivity index is 1.53. The van der Waals surface area contributed by atoms with Crippen LogP contribution in [0.4, 0.5) is 5.69 Å². The van der Waals surface area contributed by atoms with Gasteiger partial charge in [-0.1, -0.05) is 37.1 Å². The fourth-order valence-electron chi connectivity index (χ4n) is 3.30. The topological polar surface area (TPSA) is 79.3 Å². The molecule has 3 rings (SSSR count). The van der Waals surface area contributed by atoms with Gasteiger partial charge >= 0.3 is 0 Å². The molecule has 2 amide bonds. The van der Waals surface area contributed by atoms with Gasteiger partial charge in [0.1, 0.15) is 5.15 Å². The van der Waals surface area contributed by atoms with Gasteiger partial charge in [-0.25, -0.2) is 0 Å². The van der Waals surface area contributed by atoms with Crippen LogP contribution in [0, 0.1) is 6.92 Å². The summed E-state index contributed by atoms with van der Waals surface area (Å²) in [6, 6.07) is 7.88. The summed E-state index contributed by atoms with van der Waals surface area (Å²) in [6.45, 7) is 7.03. The van der Waals surface area contributed by atoms with Crippen molar-refractivity contribution in [2.45, 2.75) is 39.8 Å². The van der Waals surface area contributed by atoms with Crippen LogP contribution >= 0.6 is 11.6 Å². The van der Waals surface area contributed by atoms with Crippen LogP contribution in [0.2, 0.25) is 5.15 Å². The van der Waals surface area contributed by atoms with Crippen LogP contribution in [0.5, 0.6) is 0 Å². The molecular weight excluding hydrogens is 402 g/mol. The van der Waals surface area contributed by atoms with Crippen LogP contribution in [0.1, 0.15) is 36.6 Å². The monoisotopic (exact) mass is 429 g/mol. The molecule has 30 heavy (non-hydrogen) atoms. The number of nitrogens with one attached hydrogen (secondary N) is 2. The average Bonchev–Trinajstić information content (AvgIpc) is 3.02. The van der Waals surface area contributed by atoms with E-state index in [9.17, 15) is 9.59 Å². The third kappa shape index (κ3) is 5.63. The first-order chi connectivity index (χ1) is 14.5. The second kappa shape index (κ2) is 10.3. The number of rotatable bonds is 8. The molecule has 0 unspecified atom stereocenters. The largest absolute Gasteiger partial charge is 0.360 e.